The SMILES string of the molecule is CC(=O)NC(C(=O)O)c1ccc2c(c1)N(C(=O)OC(C)(C)C)CCO2. The van der Waals surface area contributed by atoms with Crippen molar-refractivity contribution in [2.75, 3.05) is 18.1 Å². The molecule has 2 amide bonds. The van der Waals surface area contributed by atoms with Crippen LogP contribution in [0.5, 0.6) is 5.75 Å². The molecule has 1 aliphatic rings. The third-order valence-electron chi connectivity index (χ3n) is 3.39. The van der Waals surface area contributed by atoms with Crippen molar-refractivity contribution in [3.05, 3.63) is 23.8 Å². The Balaban J connectivity index is 2.38. The molecule has 1 aromatic carbocycles. The van der Waals surface area contributed by atoms with Crippen molar-refractivity contribution in [2.45, 2.75) is 39.3 Å². The summed E-state index contributed by atoms with van der Waals surface area (Å²) < 4.78 is 10.9. The van der Waals surface area contributed by atoms with Crippen LogP contribution in [0.3, 0.4) is 0 Å². The van der Waals surface area contributed by atoms with Crippen molar-refractivity contribution in [3.8, 4) is 5.75 Å². The summed E-state index contributed by atoms with van der Waals surface area (Å²) in [6.07, 6.45) is -0.541. The Morgan fingerprint density at radius 1 is 1.32 bits per heavy atom. The highest BCUT2D eigenvalue weighted by atomic mass is 16.6. The third-order valence-corrected chi connectivity index (χ3v) is 3.39. The van der Waals surface area contributed by atoms with Gasteiger partial charge >= 0.3 is 12.1 Å². The fourth-order valence-corrected chi connectivity index (χ4v) is 2.41. The molecule has 0 bridgehead atoms. The van der Waals surface area contributed by atoms with Gasteiger partial charge in [0.1, 0.15) is 18.0 Å². The zero-order valence-electron chi connectivity index (χ0n) is 14.7. The van der Waals surface area contributed by atoms with Gasteiger partial charge in [0.05, 0.1) is 12.2 Å². The number of benzene rings is 1. The van der Waals surface area contributed by atoms with Crippen LogP contribution in [0.25, 0.3) is 0 Å². The topological polar surface area (TPSA) is 105 Å². The van der Waals surface area contributed by atoms with E-state index in [2.05, 4.69) is 5.32 Å². The van der Waals surface area contributed by atoms with Gasteiger partial charge in [-0.3, -0.25) is 9.69 Å². The summed E-state index contributed by atoms with van der Waals surface area (Å²) in [7, 11) is 0. The molecule has 0 saturated carbocycles. The molecule has 2 N–H and O–H groups in total. The van der Waals surface area contributed by atoms with Crippen LogP contribution < -0.4 is 15.0 Å². The third kappa shape index (κ3) is 4.62. The lowest BCUT2D eigenvalue weighted by Crippen LogP contribution is -2.41. The van der Waals surface area contributed by atoms with Crippen molar-refractivity contribution in [2.24, 2.45) is 0 Å². The minimum Gasteiger partial charge on any atom is -0.490 e. The predicted octanol–water partition coefficient (Wildman–Crippen LogP) is 2.08. The van der Waals surface area contributed by atoms with E-state index < -0.39 is 29.6 Å². The van der Waals surface area contributed by atoms with E-state index >= 15 is 0 Å². The van der Waals surface area contributed by atoms with Gasteiger partial charge in [0.2, 0.25) is 5.91 Å². The number of carbonyl (C=O) groups is 3. The number of nitrogens with one attached hydrogen (secondary N) is 1. The monoisotopic (exact) mass is 350 g/mol. The molecule has 8 heteroatoms. The van der Waals surface area contributed by atoms with Crippen molar-refractivity contribution in [3.63, 3.8) is 0 Å². The van der Waals surface area contributed by atoms with E-state index in [1.807, 2.05) is 0 Å². The van der Waals surface area contributed by atoms with E-state index in [1.165, 1.54) is 17.9 Å². The maximum Gasteiger partial charge on any atom is 0.415 e. The molecular weight excluding hydrogens is 328 g/mol. The van der Waals surface area contributed by atoms with Crippen LogP contribution in [0.4, 0.5) is 10.5 Å². The molecule has 1 aliphatic heterocycles. The molecule has 25 heavy (non-hydrogen) atoms. The average molecular weight is 350 g/mol. The first-order valence-corrected chi connectivity index (χ1v) is 7.85. The van der Waals surface area contributed by atoms with E-state index in [0.29, 0.717) is 23.6 Å². The zero-order chi connectivity index (χ0) is 18.8. The van der Waals surface area contributed by atoms with E-state index in [1.54, 1.807) is 32.9 Å². The molecule has 2 rings (SSSR count). The van der Waals surface area contributed by atoms with Gasteiger partial charge in [0, 0.05) is 6.92 Å². The second kappa shape index (κ2) is 7.00. The highest BCUT2D eigenvalue weighted by Crippen LogP contribution is 2.35. The summed E-state index contributed by atoms with van der Waals surface area (Å²) >= 11 is 0. The molecule has 0 fully saturated rings. The smallest absolute Gasteiger partial charge is 0.415 e. The molecule has 0 aliphatic carbocycles. The number of nitrogens with zero attached hydrogens (tertiary/aromatic N) is 1. The number of carboxylic acids is 1. The molecule has 1 aromatic rings. The van der Waals surface area contributed by atoms with Crippen molar-refractivity contribution in [1.29, 1.82) is 0 Å². The van der Waals surface area contributed by atoms with Crippen molar-refractivity contribution >= 4 is 23.7 Å². The lowest BCUT2D eigenvalue weighted by Gasteiger charge is -2.32. The normalized spacial score (nSPS) is 14.8. The van der Waals surface area contributed by atoms with Crippen LogP contribution in [0.1, 0.15) is 39.3 Å². The van der Waals surface area contributed by atoms with Crippen molar-refractivity contribution < 1.29 is 29.0 Å². The molecule has 136 valence electrons. The lowest BCUT2D eigenvalue weighted by molar-refractivity contribution is -0.141. The number of amides is 2. The van der Waals surface area contributed by atoms with Gasteiger partial charge in [0.25, 0.3) is 0 Å². The van der Waals surface area contributed by atoms with Crippen LogP contribution in [0.2, 0.25) is 0 Å². The molecule has 0 saturated heterocycles. The van der Waals surface area contributed by atoms with Crippen LogP contribution in [0, 0.1) is 0 Å². The number of ether oxygens (including phenoxy) is 2. The van der Waals surface area contributed by atoms with Crippen LogP contribution in [-0.2, 0) is 14.3 Å². The van der Waals surface area contributed by atoms with E-state index in [0.717, 1.165) is 0 Å². The second-order valence-electron chi connectivity index (χ2n) is 6.68. The Kier molecular flexibility index (Phi) is 5.20. The molecule has 8 nitrogen and oxygen atoms in total. The average Bonchev–Trinajstić information content (AvgIpc) is 2.49. The van der Waals surface area contributed by atoms with Gasteiger partial charge in [-0.15, -0.1) is 0 Å². The first-order valence-electron chi connectivity index (χ1n) is 7.85. The minimum absolute atomic E-state index is 0.281. The Morgan fingerprint density at radius 3 is 2.56 bits per heavy atom. The molecule has 0 aromatic heterocycles. The first-order chi connectivity index (χ1) is 11.6. The number of rotatable bonds is 3. The Labute approximate surface area is 145 Å². The Bertz CT molecular complexity index is 695. The molecule has 0 spiro atoms. The number of fused-ring (bicyclic) bond motifs is 1. The number of carbonyl (C=O) groups excluding carboxylic acids is 2. The summed E-state index contributed by atoms with van der Waals surface area (Å²) in [5.74, 6) is -1.21. The van der Waals surface area contributed by atoms with Crippen LogP contribution >= 0.6 is 0 Å². The summed E-state index contributed by atoms with van der Waals surface area (Å²) in [5, 5.41) is 11.7. The minimum atomic E-state index is -1.22. The number of hydrogen-bond donors (Lipinski definition) is 2. The molecule has 1 atom stereocenters. The number of hydrogen-bond acceptors (Lipinski definition) is 5. The number of aliphatic carboxylic acids is 1. The molecule has 1 unspecified atom stereocenters. The Hall–Kier alpha value is -2.77. The largest absolute Gasteiger partial charge is 0.490 e. The fourth-order valence-electron chi connectivity index (χ4n) is 2.41. The van der Waals surface area contributed by atoms with Crippen LogP contribution in [-0.4, -0.2) is 41.8 Å². The van der Waals surface area contributed by atoms with Gasteiger partial charge in [-0.2, -0.15) is 0 Å². The highest BCUT2D eigenvalue weighted by molar-refractivity contribution is 5.91. The number of carboxylic acid groups (broad SMARTS) is 1. The Morgan fingerprint density at radius 2 is 2.00 bits per heavy atom. The van der Waals surface area contributed by atoms with E-state index in [-0.39, 0.29) is 6.54 Å². The zero-order valence-corrected chi connectivity index (χ0v) is 14.7. The highest BCUT2D eigenvalue weighted by Gasteiger charge is 2.30. The molecular formula is C17H22N2O6. The van der Waals surface area contributed by atoms with Crippen LogP contribution in [0.15, 0.2) is 18.2 Å². The van der Waals surface area contributed by atoms with Gasteiger partial charge in [-0.05, 0) is 38.5 Å². The first kappa shape index (κ1) is 18.6. The maximum absolute atomic E-state index is 12.4. The second-order valence-corrected chi connectivity index (χ2v) is 6.68. The fraction of sp³-hybridized carbons (Fsp3) is 0.471. The quantitative estimate of drug-likeness (QED) is 0.865. The van der Waals surface area contributed by atoms with Gasteiger partial charge in [-0.1, -0.05) is 6.07 Å². The maximum atomic E-state index is 12.4. The van der Waals surface area contributed by atoms with E-state index in [4.69, 9.17) is 9.47 Å². The standard InChI is InChI=1S/C17H22N2O6/c1-10(20)18-14(15(21)22)11-5-6-13-12(9-11)19(7-8-24-13)16(23)25-17(2,3)4/h5-6,9,14H,7-8H2,1-4H3,(H,18,20)(H,21,22). The van der Waals surface area contributed by atoms with Crippen molar-refractivity contribution in [1.82, 2.24) is 5.32 Å². The summed E-state index contributed by atoms with van der Waals surface area (Å²) in [6, 6.07) is 3.43. The summed E-state index contributed by atoms with van der Waals surface area (Å²) in [4.78, 5) is 36.6. The lowest BCUT2D eigenvalue weighted by atomic mass is 10.0. The summed E-state index contributed by atoms with van der Waals surface area (Å²) in [5.41, 5.74) is 0.0857. The van der Waals surface area contributed by atoms with Gasteiger partial charge in [0.15, 0.2) is 6.04 Å². The van der Waals surface area contributed by atoms with Gasteiger partial charge < -0.3 is 19.9 Å². The number of anilines is 1. The predicted molar refractivity (Wildman–Crippen MR) is 89.7 cm³/mol. The molecule has 1 heterocycles. The molecule has 0 radical (unpaired) electrons. The van der Waals surface area contributed by atoms with E-state index in [9.17, 15) is 19.5 Å². The van der Waals surface area contributed by atoms with Gasteiger partial charge in [-0.25, -0.2) is 9.59 Å². The summed E-state index contributed by atoms with van der Waals surface area (Å²) in [6.45, 7) is 7.12.